The number of hydrogen-bond donors (Lipinski definition) is 0. The SMILES string of the molecule is CCCCC[SiH2]OCc1ccccc1. The number of benzene rings is 1. The first kappa shape index (κ1) is 11.5. The molecule has 0 N–H and O–H groups in total. The van der Waals surface area contributed by atoms with Gasteiger partial charge >= 0.3 is 0 Å². The van der Waals surface area contributed by atoms with Gasteiger partial charge in [0, 0.05) is 0 Å². The van der Waals surface area contributed by atoms with Gasteiger partial charge < -0.3 is 4.43 Å². The van der Waals surface area contributed by atoms with Gasteiger partial charge in [-0.2, -0.15) is 0 Å². The summed E-state index contributed by atoms with van der Waals surface area (Å²) in [5, 5.41) is 0. The summed E-state index contributed by atoms with van der Waals surface area (Å²) in [6, 6.07) is 11.8. The van der Waals surface area contributed by atoms with Crippen LogP contribution < -0.4 is 0 Å². The van der Waals surface area contributed by atoms with Crippen molar-refractivity contribution in [1.29, 1.82) is 0 Å². The lowest BCUT2D eigenvalue weighted by atomic mass is 10.2. The first-order valence-corrected chi connectivity index (χ1v) is 7.13. The zero-order valence-electron chi connectivity index (χ0n) is 9.04. The number of hydrogen-bond acceptors (Lipinski definition) is 1. The molecule has 0 saturated carbocycles. The predicted octanol–water partition coefficient (Wildman–Crippen LogP) is 2.90. The Morgan fingerprint density at radius 1 is 1.14 bits per heavy atom. The van der Waals surface area contributed by atoms with Gasteiger partial charge in [0.15, 0.2) is 9.76 Å². The molecule has 1 aromatic rings. The van der Waals surface area contributed by atoms with Crippen LogP contribution in [0, 0.1) is 0 Å². The standard InChI is InChI=1S/C12H20OSi/c1-2-3-7-10-14-13-11-12-8-5-4-6-9-12/h4-6,8-9H,2-3,7,10-11,14H2,1H3. The van der Waals surface area contributed by atoms with Crippen molar-refractivity contribution in [3.63, 3.8) is 0 Å². The minimum absolute atomic E-state index is 0.253. The molecule has 0 atom stereocenters. The maximum Gasteiger partial charge on any atom is 0.162 e. The van der Waals surface area contributed by atoms with E-state index in [1.54, 1.807) is 0 Å². The summed E-state index contributed by atoms with van der Waals surface area (Å²) in [6.45, 7) is 3.06. The molecule has 78 valence electrons. The van der Waals surface area contributed by atoms with Crippen LogP contribution in [-0.2, 0) is 11.0 Å². The van der Waals surface area contributed by atoms with E-state index in [1.807, 2.05) is 6.07 Å². The lowest BCUT2D eigenvalue weighted by Crippen LogP contribution is -1.98. The van der Waals surface area contributed by atoms with E-state index >= 15 is 0 Å². The Balaban J connectivity index is 1.99. The summed E-state index contributed by atoms with van der Waals surface area (Å²) in [4.78, 5) is 0. The Bertz CT molecular complexity index is 223. The average molecular weight is 208 g/mol. The van der Waals surface area contributed by atoms with Gasteiger partial charge in [-0.3, -0.25) is 0 Å². The van der Waals surface area contributed by atoms with Crippen molar-refractivity contribution in [2.45, 2.75) is 38.8 Å². The largest absolute Gasteiger partial charge is 0.420 e. The zero-order chi connectivity index (χ0) is 10.1. The molecule has 0 aromatic heterocycles. The van der Waals surface area contributed by atoms with Gasteiger partial charge in [-0.1, -0.05) is 56.5 Å². The molecule has 0 aliphatic carbocycles. The molecule has 0 unspecified atom stereocenters. The molecule has 0 saturated heterocycles. The van der Waals surface area contributed by atoms with Crippen LogP contribution in [0.3, 0.4) is 0 Å². The Morgan fingerprint density at radius 2 is 1.93 bits per heavy atom. The van der Waals surface area contributed by atoms with E-state index in [1.165, 1.54) is 30.9 Å². The van der Waals surface area contributed by atoms with Crippen LogP contribution in [-0.4, -0.2) is 9.76 Å². The Hall–Kier alpha value is -0.603. The van der Waals surface area contributed by atoms with E-state index in [9.17, 15) is 0 Å². The van der Waals surface area contributed by atoms with Gasteiger partial charge in [-0.05, 0) is 11.6 Å². The first-order chi connectivity index (χ1) is 6.93. The maximum atomic E-state index is 5.71. The van der Waals surface area contributed by atoms with Crippen LogP contribution in [0.5, 0.6) is 0 Å². The molecule has 0 fully saturated rings. The molecule has 0 aliphatic rings. The Kier molecular flexibility index (Phi) is 6.37. The predicted molar refractivity (Wildman–Crippen MR) is 64.1 cm³/mol. The topological polar surface area (TPSA) is 9.23 Å². The van der Waals surface area contributed by atoms with Crippen LogP contribution in [0.4, 0.5) is 0 Å². The smallest absolute Gasteiger partial charge is 0.162 e. The lowest BCUT2D eigenvalue weighted by Gasteiger charge is -2.03. The Labute approximate surface area is 89.4 Å². The minimum atomic E-state index is -0.253. The highest BCUT2D eigenvalue weighted by atomic mass is 28.2. The summed E-state index contributed by atoms with van der Waals surface area (Å²) in [5.41, 5.74) is 1.30. The molecular weight excluding hydrogens is 188 g/mol. The van der Waals surface area contributed by atoms with Crippen LogP contribution in [0.15, 0.2) is 30.3 Å². The number of rotatable bonds is 7. The second kappa shape index (κ2) is 7.77. The maximum absolute atomic E-state index is 5.71. The third-order valence-electron chi connectivity index (χ3n) is 2.25. The molecule has 0 radical (unpaired) electrons. The highest BCUT2D eigenvalue weighted by Gasteiger charge is 1.92. The van der Waals surface area contributed by atoms with Crippen molar-refractivity contribution < 1.29 is 4.43 Å². The molecule has 0 aliphatic heterocycles. The molecule has 2 heteroatoms. The fourth-order valence-corrected chi connectivity index (χ4v) is 2.54. The van der Waals surface area contributed by atoms with Crippen LogP contribution in [0.1, 0.15) is 31.7 Å². The normalized spacial score (nSPS) is 11.2. The summed E-state index contributed by atoms with van der Waals surface area (Å²) in [7, 11) is -0.253. The lowest BCUT2D eigenvalue weighted by molar-refractivity contribution is 0.323. The Morgan fingerprint density at radius 3 is 2.64 bits per heavy atom. The molecule has 0 bridgehead atoms. The molecule has 14 heavy (non-hydrogen) atoms. The molecule has 0 spiro atoms. The van der Waals surface area contributed by atoms with Crippen molar-refractivity contribution >= 4 is 9.76 Å². The molecule has 1 nitrogen and oxygen atoms in total. The van der Waals surface area contributed by atoms with E-state index in [4.69, 9.17) is 4.43 Å². The van der Waals surface area contributed by atoms with Gasteiger partial charge in [0.25, 0.3) is 0 Å². The van der Waals surface area contributed by atoms with Gasteiger partial charge in [0.05, 0.1) is 6.61 Å². The monoisotopic (exact) mass is 208 g/mol. The summed E-state index contributed by atoms with van der Waals surface area (Å²) in [6.07, 6.45) is 4.03. The van der Waals surface area contributed by atoms with Crippen LogP contribution >= 0.6 is 0 Å². The summed E-state index contributed by atoms with van der Waals surface area (Å²) in [5.74, 6) is 0. The number of unbranched alkanes of at least 4 members (excludes halogenated alkanes) is 2. The van der Waals surface area contributed by atoms with Gasteiger partial charge in [0.1, 0.15) is 0 Å². The molecule has 1 rings (SSSR count). The van der Waals surface area contributed by atoms with E-state index in [-0.39, 0.29) is 9.76 Å². The minimum Gasteiger partial charge on any atom is -0.420 e. The molecular formula is C12H20OSi. The first-order valence-electron chi connectivity index (χ1n) is 5.55. The third kappa shape index (κ3) is 5.20. The molecule has 1 aromatic carbocycles. The zero-order valence-corrected chi connectivity index (χ0v) is 10.5. The van der Waals surface area contributed by atoms with Gasteiger partial charge in [-0.25, -0.2) is 0 Å². The fraction of sp³-hybridized carbons (Fsp3) is 0.500. The van der Waals surface area contributed by atoms with Crippen molar-refractivity contribution in [2.75, 3.05) is 0 Å². The highest BCUT2D eigenvalue weighted by Crippen LogP contribution is 2.02. The molecule has 0 amide bonds. The van der Waals surface area contributed by atoms with Gasteiger partial charge in [0.2, 0.25) is 0 Å². The quantitative estimate of drug-likeness (QED) is 0.494. The second-order valence-electron chi connectivity index (χ2n) is 3.60. The average Bonchev–Trinajstić information content (AvgIpc) is 2.25. The second-order valence-corrected chi connectivity index (χ2v) is 5.12. The highest BCUT2D eigenvalue weighted by molar-refractivity contribution is 6.26. The van der Waals surface area contributed by atoms with Crippen molar-refractivity contribution in [3.05, 3.63) is 35.9 Å². The van der Waals surface area contributed by atoms with E-state index in [2.05, 4.69) is 31.2 Å². The fourth-order valence-electron chi connectivity index (χ4n) is 1.40. The van der Waals surface area contributed by atoms with Crippen LogP contribution in [0.25, 0.3) is 0 Å². The molecule has 0 heterocycles. The van der Waals surface area contributed by atoms with Gasteiger partial charge in [-0.15, -0.1) is 0 Å². The summed E-state index contributed by atoms with van der Waals surface area (Å²) < 4.78 is 5.71. The summed E-state index contributed by atoms with van der Waals surface area (Å²) >= 11 is 0. The van der Waals surface area contributed by atoms with Crippen molar-refractivity contribution in [2.24, 2.45) is 0 Å². The third-order valence-corrected chi connectivity index (χ3v) is 3.54. The van der Waals surface area contributed by atoms with Crippen LogP contribution in [0.2, 0.25) is 6.04 Å². The van der Waals surface area contributed by atoms with Crippen molar-refractivity contribution in [1.82, 2.24) is 0 Å². The van der Waals surface area contributed by atoms with E-state index in [0.29, 0.717) is 0 Å². The van der Waals surface area contributed by atoms with E-state index < -0.39 is 0 Å². The van der Waals surface area contributed by atoms with E-state index in [0.717, 1.165) is 6.61 Å². The van der Waals surface area contributed by atoms with Crippen molar-refractivity contribution in [3.8, 4) is 0 Å².